The highest BCUT2D eigenvalue weighted by Gasteiger charge is 2.30. The maximum absolute atomic E-state index is 12.5. The van der Waals surface area contributed by atoms with Crippen molar-refractivity contribution in [3.63, 3.8) is 0 Å². The van der Waals surface area contributed by atoms with Crippen LogP contribution in [0.1, 0.15) is 27.2 Å². The van der Waals surface area contributed by atoms with E-state index in [1.54, 1.807) is 0 Å². The SMILES string of the molecule is CC(CCOc1ccccc1)C(=O)N1CCNC(C)C1C.Cl. The number of amides is 1. The highest BCUT2D eigenvalue weighted by atomic mass is 35.5. The predicted octanol–water partition coefficient (Wildman–Crippen LogP) is 2.72. The van der Waals surface area contributed by atoms with E-state index in [-0.39, 0.29) is 30.3 Å². The van der Waals surface area contributed by atoms with E-state index in [0.717, 1.165) is 25.3 Å². The Hall–Kier alpha value is -1.26. The molecule has 0 aromatic heterocycles. The quantitative estimate of drug-likeness (QED) is 0.904. The molecule has 1 aromatic carbocycles. The number of benzene rings is 1. The van der Waals surface area contributed by atoms with Gasteiger partial charge < -0.3 is 15.0 Å². The summed E-state index contributed by atoms with van der Waals surface area (Å²) in [7, 11) is 0. The van der Waals surface area contributed by atoms with E-state index in [0.29, 0.717) is 12.6 Å². The average Bonchev–Trinajstić information content (AvgIpc) is 2.50. The van der Waals surface area contributed by atoms with Crippen LogP contribution in [0.3, 0.4) is 0 Å². The van der Waals surface area contributed by atoms with Gasteiger partial charge in [-0.15, -0.1) is 12.4 Å². The molecule has 1 heterocycles. The molecule has 0 radical (unpaired) electrons. The van der Waals surface area contributed by atoms with Crippen LogP contribution < -0.4 is 10.1 Å². The first kappa shape index (κ1) is 18.8. The highest BCUT2D eigenvalue weighted by Crippen LogP contribution is 2.16. The fourth-order valence-corrected chi connectivity index (χ4v) is 2.64. The number of hydrogen-bond donors (Lipinski definition) is 1. The van der Waals surface area contributed by atoms with Crippen LogP contribution in [-0.4, -0.2) is 42.6 Å². The first-order chi connectivity index (χ1) is 10.1. The Morgan fingerprint density at radius 2 is 2.05 bits per heavy atom. The van der Waals surface area contributed by atoms with E-state index < -0.39 is 0 Å². The van der Waals surface area contributed by atoms with Gasteiger partial charge in [0.1, 0.15) is 5.75 Å². The molecule has 3 atom stereocenters. The lowest BCUT2D eigenvalue weighted by molar-refractivity contribution is -0.139. The number of piperazine rings is 1. The first-order valence-corrected chi connectivity index (χ1v) is 7.81. The summed E-state index contributed by atoms with van der Waals surface area (Å²) in [5.41, 5.74) is 0. The molecule has 0 aliphatic carbocycles. The van der Waals surface area contributed by atoms with Gasteiger partial charge in [-0.2, -0.15) is 0 Å². The molecule has 1 saturated heterocycles. The number of nitrogens with one attached hydrogen (secondary N) is 1. The first-order valence-electron chi connectivity index (χ1n) is 7.81. The van der Waals surface area contributed by atoms with Crippen molar-refractivity contribution in [1.82, 2.24) is 10.2 Å². The molecule has 2 rings (SSSR count). The molecule has 1 amide bonds. The minimum Gasteiger partial charge on any atom is -0.494 e. The minimum atomic E-state index is 0. The van der Waals surface area contributed by atoms with Crippen LogP contribution in [0.2, 0.25) is 0 Å². The Kier molecular flexibility index (Phi) is 7.69. The number of rotatable bonds is 5. The zero-order chi connectivity index (χ0) is 15.2. The normalized spacial score (nSPS) is 22.6. The molecule has 4 nitrogen and oxygen atoms in total. The maximum atomic E-state index is 12.5. The lowest BCUT2D eigenvalue weighted by Gasteiger charge is -2.39. The zero-order valence-corrected chi connectivity index (χ0v) is 14.4. The number of carbonyl (C=O) groups is 1. The van der Waals surface area contributed by atoms with Gasteiger partial charge in [0.05, 0.1) is 6.61 Å². The largest absolute Gasteiger partial charge is 0.494 e. The number of nitrogens with zero attached hydrogens (tertiary/aromatic N) is 1. The molecule has 3 unspecified atom stereocenters. The van der Waals surface area contributed by atoms with Crippen molar-refractivity contribution in [2.75, 3.05) is 19.7 Å². The van der Waals surface area contributed by atoms with E-state index in [9.17, 15) is 4.79 Å². The molecule has 1 aliphatic rings. The number of hydrogen-bond acceptors (Lipinski definition) is 3. The standard InChI is InChI=1S/C17H26N2O2.ClH/c1-13(9-12-21-16-7-5-4-6-8-16)17(20)19-11-10-18-14(2)15(19)3;/h4-8,13-15,18H,9-12H2,1-3H3;1H. The van der Waals surface area contributed by atoms with Gasteiger partial charge in [-0.05, 0) is 32.4 Å². The number of para-hydroxylation sites is 1. The Bertz CT molecular complexity index is 455. The number of ether oxygens (including phenoxy) is 1. The van der Waals surface area contributed by atoms with E-state index in [4.69, 9.17) is 4.74 Å². The van der Waals surface area contributed by atoms with Crippen molar-refractivity contribution < 1.29 is 9.53 Å². The lowest BCUT2D eigenvalue weighted by Crippen LogP contribution is -2.58. The highest BCUT2D eigenvalue weighted by molar-refractivity contribution is 5.85. The monoisotopic (exact) mass is 326 g/mol. The predicted molar refractivity (Wildman–Crippen MR) is 91.6 cm³/mol. The fourth-order valence-electron chi connectivity index (χ4n) is 2.64. The van der Waals surface area contributed by atoms with E-state index in [1.165, 1.54) is 0 Å². The summed E-state index contributed by atoms with van der Waals surface area (Å²) < 4.78 is 5.68. The molecule has 1 aromatic rings. The van der Waals surface area contributed by atoms with Crippen LogP contribution in [0.15, 0.2) is 30.3 Å². The van der Waals surface area contributed by atoms with Crippen LogP contribution in [0, 0.1) is 5.92 Å². The zero-order valence-electron chi connectivity index (χ0n) is 13.6. The van der Waals surface area contributed by atoms with Gasteiger partial charge >= 0.3 is 0 Å². The Balaban J connectivity index is 0.00000242. The maximum Gasteiger partial charge on any atom is 0.225 e. The van der Waals surface area contributed by atoms with E-state index in [1.807, 2.05) is 42.2 Å². The molecule has 1 N–H and O–H groups in total. The van der Waals surface area contributed by atoms with Crippen molar-refractivity contribution in [2.45, 2.75) is 39.3 Å². The Morgan fingerprint density at radius 3 is 2.73 bits per heavy atom. The third-order valence-electron chi connectivity index (χ3n) is 4.30. The third kappa shape index (κ3) is 4.89. The van der Waals surface area contributed by atoms with Gasteiger partial charge in [0.15, 0.2) is 0 Å². The van der Waals surface area contributed by atoms with Gasteiger partial charge in [-0.1, -0.05) is 25.1 Å². The smallest absolute Gasteiger partial charge is 0.225 e. The van der Waals surface area contributed by atoms with Crippen LogP contribution in [0.5, 0.6) is 5.75 Å². The topological polar surface area (TPSA) is 41.6 Å². The Morgan fingerprint density at radius 1 is 1.36 bits per heavy atom. The Labute approximate surface area is 139 Å². The second kappa shape index (κ2) is 9.01. The third-order valence-corrected chi connectivity index (χ3v) is 4.30. The number of halogens is 1. The van der Waals surface area contributed by atoms with Gasteiger partial charge in [0.25, 0.3) is 0 Å². The van der Waals surface area contributed by atoms with Gasteiger partial charge in [-0.25, -0.2) is 0 Å². The molecular formula is C17H27ClN2O2. The van der Waals surface area contributed by atoms with Crippen molar-refractivity contribution >= 4 is 18.3 Å². The lowest BCUT2D eigenvalue weighted by atomic mass is 10.0. The van der Waals surface area contributed by atoms with Crippen LogP contribution >= 0.6 is 12.4 Å². The molecule has 1 aliphatic heterocycles. The second-order valence-electron chi connectivity index (χ2n) is 5.87. The van der Waals surface area contributed by atoms with Crippen molar-refractivity contribution in [3.8, 4) is 5.75 Å². The molecular weight excluding hydrogens is 300 g/mol. The van der Waals surface area contributed by atoms with Crippen LogP contribution in [0.4, 0.5) is 0 Å². The van der Waals surface area contributed by atoms with E-state index >= 15 is 0 Å². The van der Waals surface area contributed by atoms with Crippen molar-refractivity contribution in [3.05, 3.63) is 30.3 Å². The summed E-state index contributed by atoms with van der Waals surface area (Å²) in [6, 6.07) is 10.4. The number of carbonyl (C=O) groups excluding carboxylic acids is 1. The van der Waals surface area contributed by atoms with Crippen LogP contribution in [-0.2, 0) is 4.79 Å². The minimum absolute atomic E-state index is 0. The fraction of sp³-hybridized carbons (Fsp3) is 0.588. The summed E-state index contributed by atoms with van der Waals surface area (Å²) in [5.74, 6) is 1.11. The van der Waals surface area contributed by atoms with Gasteiger partial charge in [0, 0.05) is 31.1 Å². The molecule has 0 spiro atoms. The van der Waals surface area contributed by atoms with Crippen molar-refractivity contribution in [2.24, 2.45) is 5.92 Å². The summed E-state index contributed by atoms with van der Waals surface area (Å²) in [6.45, 7) is 8.50. The summed E-state index contributed by atoms with van der Waals surface area (Å²) >= 11 is 0. The van der Waals surface area contributed by atoms with Gasteiger partial charge in [-0.3, -0.25) is 4.79 Å². The molecule has 124 valence electrons. The molecule has 0 saturated carbocycles. The van der Waals surface area contributed by atoms with E-state index in [2.05, 4.69) is 19.2 Å². The molecule has 22 heavy (non-hydrogen) atoms. The molecule has 0 bridgehead atoms. The average molecular weight is 327 g/mol. The van der Waals surface area contributed by atoms with Crippen LogP contribution in [0.25, 0.3) is 0 Å². The molecule has 1 fully saturated rings. The van der Waals surface area contributed by atoms with Gasteiger partial charge in [0.2, 0.25) is 5.91 Å². The summed E-state index contributed by atoms with van der Waals surface area (Å²) in [6.07, 6.45) is 0.749. The summed E-state index contributed by atoms with van der Waals surface area (Å²) in [4.78, 5) is 14.5. The van der Waals surface area contributed by atoms with Crippen molar-refractivity contribution in [1.29, 1.82) is 0 Å². The summed E-state index contributed by atoms with van der Waals surface area (Å²) in [5, 5.41) is 3.40. The molecule has 5 heteroatoms. The second-order valence-corrected chi connectivity index (χ2v) is 5.87.